The summed E-state index contributed by atoms with van der Waals surface area (Å²) in [7, 11) is 0. The molecule has 2 aliphatic heterocycles. The Balaban J connectivity index is 1.84. The summed E-state index contributed by atoms with van der Waals surface area (Å²) < 4.78 is 13.7. The summed E-state index contributed by atoms with van der Waals surface area (Å²) in [6.07, 6.45) is 4.68. The third-order valence-corrected chi connectivity index (χ3v) is 4.95. The van der Waals surface area contributed by atoms with E-state index < -0.39 is 0 Å². The second-order valence-corrected chi connectivity index (χ2v) is 6.25. The van der Waals surface area contributed by atoms with Gasteiger partial charge in [-0.2, -0.15) is 0 Å². The van der Waals surface area contributed by atoms with Crippen molar-refractivity contribution in [2.75, 3.05) is 0 Å². The Morgan fingerprint density at radius 2 is 1.89 bits per heavy atom. The molecule has 0 amide bonds. The number of aryl methyl sites for hydroxylation is 1. The first-order chi connectivity index (χ1) is 9.06. The SMILES string of the molecule is Cc1ccc(C(C)N2C3CCC2CC(N)C3)cc1F. The molecule has 1 aromatic rings. The van der Waals surface area contributed by atoms with Gasteiger partial charge in [0, 0.05) is 24.2 Å². The molecule has 2 aliphatic rings. The number of halogens is 1. The molecule has 0 aliphatic carbocycles. The van der Waals surface area contributed by atoms with E-state index in [2.05, 4.69) is 17.9 Å². The van der Waals surface area contributed by atoms with Gasteiger partial charge in [0.15, 0.2) is 0 Å². The van der Waals surface area contributed by atoms with Gasteiger partial charge >= 0.3 is 0 Å². The molecule has 1 aromatic carbocycles. The van der Waals surface area contributed by atoms with Crippen LogP contribution in [0, 0.1) is 12.7 Å². The van der Waals surface area contributed by atoms with E-state index in [4.69, 9.17) is 5.73 Å². The van der Waals surface area contributed by atoms with Crippen molar-refractivity contribution in [3.05, 3.63) is 35.1 Å². The summed E-state index contributed by atoms with van der Waals surface area (Å²) >= 11 is 0. The Kier molecular flexibility index (Phi) is 3.35. The Bertz CT molecular complexity index is 460. The molecule has 0 aromatic heterocycles. The van der Waals surface area contributed by atoms with E-state index in [9.17, 15) is 4.39 Å². The van der Waals surface area contributed by atoms with Gasteiger partial charge in [-0.05, 0) is 56.7 Å². The predicted octanol–water partition coefficient (Wildman–Crippen LogP) is 3.15. The monoisotopic (exact) mass is 262 g/mol. The van der Waals surface area contributed by atoms with Crippen molar-refractivity contribution in [1.82, 2.24) is 4.90 Å². The number of hydrogen-bond donors (Lipinski definition) is 1. The van der Waals surface area contributed by atoms with Crippen LogP contribution in [-0.4, -0.2) is 23.0 Å². The lowest BCUT2D eigenvalue weighted by molar-refractivity contribution is 0.0852. The number of benzene rings is 1. The molecule has 2 N–H and O–H groups in total. The van der Waals surface area contributed by atoms with E-state index in [-0.39, 0.29) is 5.82 Å². The Morgan fingerprint density at radius 1 is 1.26 bits per heavy atom. The van der Waals surface area contributed by atoms with Gasteiger partial charge in [-0.25, -0.2) is 4.39 Å². The molecule has 2 nitrogen and oxygen atoms in total. The van der Waals surface area contributed by atoms with E-state index in [1.54, 1.807) is 6.07 Å². The number of nitrogens with two attached hydrogens (primary N) is 1. The number of nitrogens with zero attached hydrogens (tertiary/aromatic N) is 1. The summed E-state index contributed by atoms with van der Waals surface area (Å²) in [6.45, 7) is 4.01. The molecule has 19 heavy (non-hydrogen) atoms. The van der Waals surface area contributed by atoms with E-state index in [0.717, 1.165) is 24.0 Å². The van der Waals surface area contributed by atoms with E-state index in [0.29, 0.717) is 24.2 Å². The number of hydrogen-bond acceptors (Lipinski definition) is 2. The predicted molar refractivity (Wildman–Crippen MR) is 75.4 cm³/mol. The van der Waals surface area contributed by atoms with Crippen molar-refractivity contribution in [1.29, 1.82) is 0 Å². The zero-order chi connectivity index (χ0) is 13.6. The molecule has 104 valence electrons. The molecule has 2 fully saturated rings. The van der Waals surface area contributed by atoms with Crippen LogP contribution >= 0.6 is 0 Å². The number of piperidine rings is 1. The first kappa shape index (κ1) is 13.1. The van der Waals surface area contributed by atoms with Crippen LogP contribution in [0.4, 0.5) is 4.39 Å². The minimum absolute atomic E-state index is 0.0922. The van der Waals surface area contributed by atoms with Crippen molar-refractivity contribution in [3.63, 3.8) is 0 Å². The normalized spacial score (nSPS) is 32.5. The van der Waals surface area contributed by atoms with Gasteiger partial charge in [0.05, 0.1) is 0 Å². The maximum Gasteiger partial charge on any atom is 0.126 e. The average Bonchev–Trinajstić information content (AvgIpc) is 2.64. The lowest BCUT2D eigenvalue weighted by atomic mass is 9.94. The van der Waals surface area contributed by atoms with Gasteiger partial charge in [-0.15, -0.1) is 0 Å². The van der Waals surface area contributed by atoms with Crippen molar-refractivity contribution in [3.8, 4) is 0 Å². The molecule has 0 saturated carbocycles. The fraction of sp³-hybridized carbons (Fsp3) is 0.625. The Hall–Kier alpha value is -0.930. The molecule has 2 bridgehead atoms. The molecular weight excluding hydrogens is 239 g/mol. The summed E-state index contributed by atoms with van der Waals surface area (Å²) in [5.74, 6) is -0.0922. The van der Waals surface area contributed by atoms with Crippen LogP contribution in [-0.2, 0) is 0 Å². The van der Waals surface area contributed by atoms with Crippen LogP contribution in [0.5, 0.6) is 0 Å². The minimum Gasteiger partial charge on any atom is -0.328 e. The van der Waals surface area contributed by atoms with E-state index in [1.807, 2.05) is 13.0 Å². The first-order valence-electron chi connectivity index (χ1n) is 7.35. The van der Waals surface area contributed by atoms with Crippen molar-refractivity contribution in [2.45, 2.75) is 63.7 Å². The minimum atomic E-state index is -0.0922. The lowest BCUT2D eigenvalue weighted by Crippen LogP contribution is -2.48. The maximum absolute atomic E-state index is 13.7. The highest BCUT2D eigenvalue weighted by molar-refractivity contribution is 5.26. The third kappa shape index (κ3) is 2.30. The third-order valence-electron chi connectivity index (χ3n) is 4.95. The molecule has 3 atom stereocenters. The molecule has 2 saturated heterocycles. The van der Waals surface area contributed by atoms with E-state index in [1.165, 1.54) is 12.8 Å². The zero-order valence-electron chi connectivity index (χ0n) is 11.8. The molecule has 0 radical (unpaired) electrons. The van der Waals surface area contributed by atoms with Gasteiger partial charge < -0.3 is 5.73 Å². The molecular formula is C16H23FN2. The van der Waals surface area contributed by atoms with Crippen LogP contribution in [0.3, 0.4) is 0 Å². The van der Waals surface area contributed by atoms with Crippen LogP contribution in [0.1, 0.15) is 49.8 Å². The summed E-state index contributed by atoms with van der Waals surface area (Å²) in [6, 6.07) is 7.49. The summed E-state index contributed by atoms with van der Waals surface area (Å²) in [4.78, 5) is 2.58. The van der Waals surface area contributed by atoms with E-state index >= 15 is 0 Å². The van der Waals surface area contributed by atoms with Gasteiger partial charge in [0.25, 0.3) is 0 Å². The van der Waals surface area contributed by atoms with Crippen molar-refractivity contribution in [2.24, 2.45) is 5.73 Å². The standard InChI is InChI=1S/C16H23FN2/c1-10-3-4-12(7-16(10)17)11(2)19-14-5-6-15(19)9-13(18)8-14/h3-4,7,11,13-15H,5-6,8-9,18H2,1-2H3. The van der Waals surface area contributed by atoms with Crippen LogP contribution in [0.2, 0.25) is 0 Å². The molecule has 3 rings (SSSR count). The topological polar surface area (TPSA) is 29.3 Å². The molecule has 0 spiro atoms. The first-order valence-corrected chi connectivity index (χ1v) is 7.35. The van der Waals surface area contributed by atoms with Crippen LogP contribution in [0.25, 0.3) is 0 Å². The largest absolute Gasteiger partial charge is 0.328 e. The van der Waals surface area contributed by atoms with Gasteiger partial charge in [0.2, 0.25) is 0 Å². The van der Waals surface area contributed by atoms with Crippen LogP contribution in [0.15, 0.2) is 18.2 Å². The molecule has 2 heterocycles. The Labute approximate surface area is 114 Å². The second-order valence-electron chi connectivity index (χ2n) is 6.25. The lowest BCUT2D eigenvalue weighted by Gasteiger charge is -2.41. The van der Waals surface area contributed by atoms with Gasteiger partial charge in [0.1, 0.15) is 5.82 Å². The maximum atomic E-state index is 13.7. The smallest absolute Gasteiger partial charge is 0.126 e. The van der Waals surface area contributed by atoms with Crippen LogP contribution < -0.4 is 5.73 Å². The van der Waals surface area contributed by atoms with Gasteiger partial charge in [-0.3, -0.25) is 4.90 Å². The average molecular weight is 262 g/mol. The number of rotatable bonds is 2. The molecule has 3 heteroatoms. The zero-order valence-corrected chi connectivity index (χ0v) is 11.8. The van der Waals surface area contributed by atoms with Crippen molar-refractivity contribution < 1.29 is 4.39 Å². The highest BCUT2D eigenvalue weighted by Gasteiger charge is 2.42. The quantitative estimate of drug-likeness (QED) is 0.887. The fourth-order valence-corrected chi connectivity index (χ4v) is 3.93. The van der Waals surface area contributed by atoms with Crippen molar-refractivity contribution >= 4 is 0 Å². The second kappa shape index (κ2) is 4.88. The Morgan fingerprint density at radius 3 is 2.47 bits per heavy atom. The summed E-state index contributed by atoms with van der Waals surface area (Å²) in [5.41, 5.74) is 7.93. The fourth-order valence-electron chi connectivity index (χ4n) is 3.93. The molecule has 3 unspecified atom stereocenters. The van der Waals surface area contributed by atoms with Gasteiger partial charge in [-0.1, -0.05) is 12.1 Å². The highest BCUT2D eigenvalue weighted by atomic mass is 19.1. The summed E-state index contributed by atoms with van der Waals surface area (Å²) in [5, 5.41) is 0. The highest BCUT2D eigenvalue weighted by Crippen LogP contribution is 2.41. The number of fused-ring (bicyclic) bond motifs is 2.